The van der Waals surface area contributed by atoms with Crippen molar-refractivity contribution in [3.8, 4) is 11.9 Å². The van der Waals surface area contributed by atoms with E-state index >= 15 is 0 Å². The zero-order valence-corrected chi connectivity index (χ0v) is 24.8. The molecule has 4 heterocycles. The van der Waals surface area contributed by atoms with Gasteiger partial charge in [0, 0.05) is 49.5 Å². The van der Waals surface area contributed by atoms with Crippen LogP contribution in [0.4, 0.5) is 14.6 Å². The fourth-order valence-electron chi connectivity index (χ4n) is 6.43. The second-order valence-electron chi connectivity index (χ2n) is 11.6. The second-order valence-corrected chi connectivity index (χ2v) is 11.6. The molecule has 12 heteroatoms. The number of nitrogens with zero attached hydrogens (tertiary/aromatic N) is 6. The van der Waals surface area contributed by atoms with Gasteiger partial charge in [0.25, 0.3) is 0 Å². The molecule has 1 saturated carbocycles. The molecule has 2 aliphatic heterocycles. The Bertz CT molecular complexity index is 1800. The first-order valence-electron chi connectivity index (χ1n) is 15.1. The van der Waals surface area contributed by atoms with Crippen LogP contribution in [0.15, 0.2) is 48.5 Å². The van der Waals surface area contributed by atoms with Crippen LogP contribution >= 0.6 is 0 Å². The van der Waals surface area contributed by atoms with Crippen LogP contribution in [0.5, 0.6) is 5.88 Å². The summed E-state index contributed by atoms with van der Waals surface area (Å²) >= 11 is 0. The van der Waals surface area contributed by atoms with Crippen LogP contribution in [0, 0.1) is 23.0 Å². The van der Waals surface area contributed by atoms with Crippen molar-refractivity contribution in [2.75, 3.05) is 31.7 Å². The highest BCUT2D eigenvalue weighted by Crippen LogP contribution is 2.37. The number of hydrogen-bond donors (Lipinski definition) is 0. The summed E-state index contributed by atoms with van der Waals surface area (Å²) < 4.78 is 47.6. The summed E-state index contributed by atoms with van der Waals surface area (Å²) in [5.41, 5.74) is 1.69. The lowest BCUT2D eigenvalue weighted by atomic mass is 9.81. The first kappa shape index (κ1) is 29.1. The van der Waals surface area contributed by atoms with Crippen molar-refractivity contribution in [3.63, 3.8) is 0 Å². The van der Waals surface area contributed by atoms with Gasteiger partial charge in [-0.1, -0.05) is 12.1 Å². The summed E-state index contributed by atoms with van der Waals surface area (Å²) in [5, 5.41) is 8.98. The van der Waals surface area contributed by atoms with E-state index in [9.17, 15) is 13.6 Å². The van der Waals surface area contributed by atoms with Crippen LogP contribution in [0.2, 0.25) is 0 Å². The average Bonchev–Trinajstić information content (AvgIpc) is 3.33. The lowest BCUT2D eigenvalue weighted by Gasteiger charge is -2.54. The molecule has 2 saturated heterocycles. The molecule has 3 fully saturated rings. The number of halogens is 2. The maximum Gasteiger partial charge on any atom is 0.340 e. The monoisotopic (exact) mass is 614 g/mol. The minimum Gasteiger partial charge on any atom is -0.473 e. The molecule has 3 aliphatic rings. The zero-order chi connectivity index (χ0) is 31.1. The molecule has 2 aromatic carbocycles. The number of anilines is 1. The van der Waals surface area contributed by atoms with Crippen molar-refractivity contribution in [2.45, 2.75) is 57.1 Å². The largest absolute Gasteiger partial charge is 0.473 e. The van der Waals surface area contributed by atoms with Crippen LogP contribution in [-0.2, 0) is 29.2 Å². The minimum absolute atomic E-state index is 0.00570. The number of fused-ring (bicyclic) bond motifs is 2. The number of pyridine rings is 1. The van der Waals surface area contributed by atoms with E-state index in [1.165, 1.54) is 25.3 Å². The summed E-state index contributed by atoms with van der Waals surface area (Å²) in [6.07, 6.45) is 3.04. The third-order valence-electron chi connectivity index (χ3n) is 9.11. The van der Waals surface area contributed by atoms with E-state index in [2.05, 4.69) is 14.4 Å². The van der Waals surface area contributed by atoms with Crippen molar-refractivity contribution in [2.24, 2.45) is 0 Å². The molecule has 232 valence electrons. The number of rotatable bonds is 9. The van der Waals surface area contributed by atoms with Crippen LogP contribution in [0.1, 0.15) is 46.6 Å². The Balaban J connectivity index is 1.08. The van der Waals surface area contributed by atoms with Gasteiger partial charge in [-0.15, -0.1) is 0 Å². The number of aromatic nitrogens is 3. The number of esters is 1. The van der Waals surface area contributed by atoms with E-state index in [0.717, 1.165) is 44.0 Å². The zero-order valence-electron chi connectivity index (χ0n) is 24.8. The molecular formula is C33H32F2N6O4. The van der Waals surface area contributed by atoms with Gasteiger partial charge in [-0.3, -0.25) is 4.90 Å². The fraction of sp³-hybridized carbons (Fsp3) is 0.394. The first-order chi connectivity index (χ1) is 21.9. The summed E-state index contributed by atoms with van der Waals surface area (Å²) in [6, 6.07) is 15.2. The Labute approximate surface area is 258 Å². The summed E-state index contributed by atoms with van der Waals surface area (Å²) in [5.74, 6) is 0.161. The Kier molecular flexibility index (Phi) is 7.81. The average molecular weight is 615 g/mol. The molecular weight excluding hydrogens is 582 g/mol. The molecule has 0 N–H and O–H groups in total. The van der Waals surface area contributed by atoms with Gasteiger partial charge in [-0.25, -0.2) is 18.6 Å². The molecule has 0 bridgehead atoms. The molecule has 10 nitrogen and oxygen atoms in total. The Morgan fingerprint density at radius 3 is 2.62 bits per heavy atom. The lowest BCUT2D eigenvalue weighted by Crippen LogP contribution is -2.64. The molecule has 2 aromatic heterocycles. The minimum atomic E-state index is -0.721. The molecule has 45 heavy (non-hydrogen) atoms. The molecule has 4 aromatic rings. The molecule has 3 atom stereocenters. The number of methoxy groups -OCH3 is 1. The first-order valence-corrected chi connectivity index (χ1v) is 15.1. The summed E-state index contributed by atoms with van der Waals surface area (Å²) in [7, 11) is 1.24. The van der Waals surface area contributed by atoms with Crippen LogP contribution in [-0.4, -0.2) is 70.4 Å². The van der Waals surface area contributed by atoms with Crippen molar-refractivity contribution in [1.29, 1.82) is 5.26 Å². The third kappa shape index (κ3) is 5.58. The number of ether oxygens (including phenoxy) is 3. The third-order valence-corrected chi connectivity index (χ3v) is 9.11. The van der Waals surface area contributed by atoms with Gasteiger partial charge in [0.05, 0.1) is 54.5 Å². The maximum atomic E-state index is 14.8. The number of carbonyl (C=O) groups is 1. The Morgan fingerprint density at radius 1 is 1.07 bits per heavy atom. The predicted octanol–water partition coefficient (Wildman–Crippen LogP) is 4.59. The molecule has 1 aliphatic carbocycles. The number of benzene rings is 2. The van der Waals surface area contributed by atoms with E-state index in [0.29, 0.717) is 42.2 Å². The van der Waals surface area contributed by atoms with Gasteiger partial charge >= 0.3 is 5.97 Å². The van der Waals surface area contributed by atoms with Crippen molar-refractivity contribution < 1.29 is 27.8 Å². The smallest absolute Gasteiger partial charge is 0.340 e. The van der Waals surface area contributed by atoms with Gasteiger partial charge in [0.1, 0.15) is 29.9 Å². The van der Waals surface area contributed by atoms with E-state index in [1.807, 2.05) is 18.2 Å². The molecule has 0 radical (unpaired) electrons. The molecule has 0 amide bonds. The predicted molar refractivity (Wildman–Crippen MR) is 160 cm³/mol. The molecule has 0 unspecified atom stereocenters. The van der Waals surface area contributed by atoms with E-state index in [4.69, 9.17) is 29.4 Å². The highest BCUT2D eigenvalue weighted by Gasteiger charge is 2.44. The standard InChI is InChI=1S/C33H32F2N6O4/c1-43-33(42)23-14-29-26(15-25(23)35)37-31(41(29)17-22-9-12-44-22)18-39-10-11-40(28-8-7-27(28)39)30-3-2-4-32(38-30)45-19-21-6-5-20(16-36)13-24(21)34/h2-6,13-15,22,27-28H,7-12,17-19H2,1H3/t22-,27+,28+/m0/s1. The number of hydrogen-bond acceptors (Lipinski definition) is 9. The van der Waals surface area contributed by atoms with Gasteiger partial charge < -0.3 is 23.7 Å². The van der Waals surface area contributed by atoms with E-state index < -0.39 is 17.6 Å². The molecule has 0 spiro atoms. The fourth-order valence-corrected chi connectivity index (χ4v) is 6.43. The SMILES string of the molecule is COC(=O)c1cc2c(cc1F)nc(CN1CCN(c3cccc(OCc4ccc(C#N)cc4F)n3)[C@@H]3CC[C@H]31)n2C[C@@H]1CCO1. The normalized spacial score (nSPS) is 21.0. The van der Waals surface area contributed by atoms with Crippen LogP contribution in [0.3, 0.4) is 0 Å². The quantitative estimate of drug-likeness (QED) is 0.250. The second kappa shape index (κ2) is 12.1. The lowest BCUT2D eigenvalue weighted by molar-refractivity contribution is -0.0594. The topological polar surface area (TPSA) is 106 Å². The number of carbonyl (C=O) groups excluding carboxylic acids is 1. The van der Waals surface area contributed by atoms with Gasteiger partial charge in [-0.2, -0.15) is 10.2 Å². The van der Waals surface area contributed by atoms with Gasteiger partial charge in [-0.05, 0) is 43.5 Å². The molecule has 7 rings (SSSR count). The summed E-state index contributed by atoms with van der Waals surface area (Å²) in [4.78, 5) is 26.5. The van der Waals surface area contributed by atoms with Crippen molar-refractivity contribution >= 4 is 22.8 Å². The Morgan fingerprint density at radius 2 is 1.91 bits per heavy atom. The van der Waals surface area contributed by atoms with Crippen molar-refractivity contribution in [3.05, 3.63) is 82.7 Å². The van der Waals surface area contributed by atoms with Crippen LogP contribution < -0.4 is 9.64 Å². The highest BCUT2D eigenvalue weighted by molar-refractivity contribution is 5.94. The van der Waals surface area contributed by atoms with Gasteiger partial charge in [0.2, 0.25) is 5.88 Å². The van der Waals surface area contributed by atoms with E-state index in [-0.39, 0.29) is 35.9 Å². The maximum absolute atomic E-state index is 14.8. The van der Waals surface area contributed by atoms with Crippen LogP contribution in [0.25, 0.3) is 11.0 Å². The number of piperazine rings is 1. The summed E-state index contributed by atoms with van der Waals surface area (Å²) in [6.45, 7) is 3.40. The van der Waals surface area contributed by atoms with Crippen molar-refractivity contribution in [1.82, 2.24) is 19.4 Å². The van der Waals surface area contributed by atoms with E-state index in [1.54, 1.807) is 18.2 Å². The number of imidazole rings is 1. The number of nitriles is 1. The highest BCUT2D eigenvalue weighted by atomic mass is 19.1. The van der Waals surface area contributed by atoms with Gasteiger partial charge in [0.15, 0.2) is 0 Å². The Hall–Kier alpha value is -4.60.